The van der Waals surface area contributed by atoms with Gasteiger partial charge in [-0.2, -0.15) is 0 Å². The van der Waals surface area contributed by atoms with Crippen molar-refractivity contribution in [2.75, 3.05) is 5.75 Å². The maximum atomic E-state index is 13.2. The zero-order chi connectivity index (χ0) is 19.2. The van der Waals surface area contributed by atoms with Crippen molar-refractivity contribution in [3.05, 3.63) is 30.3 Å². The Morgan fingerprint density at radius 1 is 0.929 bits per heavy atom. The molecule has 0 saturated heterocycles. The first-order valence-corrected chi connectivity index (χ1v) is 11.6. The van der Waals surface area contributed by atoms with E-state index in [1.807, 2.05) is 30.3 Å². The van der Waals surface area contributed by atoms with Crippen molar-refractivity contribution in [2.24, 2.45) is 0 Å². The number of amides is 1. The maximum absolute atomic E-state index is 13.2. The number of hydrogen-bond acceptors (Lipinski definition) is 5. The molecule has 1 heterocycles. The number of carbonyl (C=O) groups excluding carboxylic acids is 1. The quantitative estimate of drug-likeness (QED) is 0.615. The molecule has 2 aliphatic rings. The number of thioether (sulfide) groups is 1. The van der Waals surface area contributed by atoms with E-state index in [0.717, 1.165) is 31.2 Å². The molecule has 0 aliphatic heterocycles. The fourth-order valence-corrected chi connectivity index (χ4v) is 5.22. The van der Waals surface area contributed by atoms with Gasteiger partial charge in [0, 0.05) is 17.6 Å². The van der Waals surface area contributed by atoms with E-state index in [0.29, 0.717) is 29.0 Å². The molecule has 4 rings (SSSR count). The van der Waals surface area contributed by atoms with E-state index in [1.54, 1.807) is 0 Å². The molecule has 0 radical (unpaired) electrons. The van der Waals surface area contributed by atoms with Gasteiger partial charge in [0.25, 0.3) is 5.22 Å². The van der Waals surface area contributed by atoms with Crippen LogP contribution in [0.15, 0.2) is 40.0 Å². The van der Waals surface area contributed by atoms with Gasteiger partial charge >= 0.3 is 0 Å². The highest BCUT2D eigenvalue weighted by molar-refractivity contribution is 7.99. The zero-order valence-corrected chi connectivity index (χ0v) is 17.2. The normalized spacial score (nSPS) is 18.9. The van der Waals surface area contributed by atoms with Gasteiger partial charge in [-0.1, -0.05) is 68.5 Å². The van der Waals surface area contributed by atoms with Crippen LogP contribution in [0, 0.1) is 0 Å². The summed E-state index contributed by atoms with van der Waals surface area (Å²) < 4.78 is 5.76. The number of carbonyl (C=O) groups is 1. The first kappa shape index (κ1) is 19.5. The van der Waals surface area contributed by atoms with Gasteiger partial charge in [-0.05, 0) is 37.8 Å². The first-order valence-electron chi connectivity index (χ1n) is 10.6. The summed E-state index contributed by atoms with van der Waals surface area (Å²) in [4.78, 5) is 15.5. The number of aromatic nitrogens is 2. The maximum Gasteiger partial charge on any atom is 0.277 e. The van der Waals surface area contributed by atoms with Crippen molar-refractivity contribution in [2.45, 2.75) is 81.5 Å². The predicted molar refractivity (Wildman–Crippen MR) is 111 cm³/mol. The summed E-state index contributed by atoms with van der Waals surface area (Å²) in [6.07, 6.45) is 12.2. The van der Waals surface area contributed by atoms with Crippen LogP contribution in [0.4, 0.5) is 0 Å². The van der Waals surface area contributed by atoms with Crippen LogP contribution in [-0.4, -0.2) is 38.8 Å². The molecule has 150 valence electrons. The molecule has 2 aliphatic carbocycles. The second kappa shape index (κ2) is 9.59. The molecule has 0 N–H and O–H groups in total. The molecule has 0 bridgehead atoms. The second-order valence-electron chi connectivity index (χ2n) is 7.91. The second-order valence-corrected chi connectivity index (χ2v) is 8.84. The summed E-state index contributed by atoms with van der Waals surface area (Å²) in [5.41, 5.74) is 0.902. The van der Waals surface area contributed by atoms with Gasteiger partial charge in [-0.3, -0.25) is 4.79 Å². The Bertz CT molecular complexity index is 734. The van der Waals surface area contributed by atoms with Crippen LogP contribution in [0.25, 0.3) is 11.5 Å². The smallest absolute Gasteiger partial charge is 0.277 e. The summed E-state index contributed by atoms with van der Waals surface area (Å²) >= 11 is 1.37. The van der Waals surface area contributed by atoms with E-state index >= 15 is 0 Å². The highest BCUT2D eigenvalue weighted by Crippen LogP contribution is 2.31. The van der Waals surface area contributed by atoms with Crippen molar-refractivity contribution in [1.29, 1.82) is 0 Å². The van der Waals surface area contributed by atoms with Gasteiger partial charge in [0.2, 0.25) is 11.8 Å². The molecule has 0 atom stereocenters. The molecule has 5 nitrogen and oxygen atoms in total. The van der Waals surface area contributed by atoms with E-state index in [1.165, 1.54) is 50.3 Å². The third-order valence-electron chi connectivity index (χ3n) is 5.97. The highest BCUT2D eigenvalue weighted by Gasteiger charge is 2.32. The van der Waals surface area contributed by atoms with Crippen LogP contribution in [0.5, 0.6) is 0 Å². The minimum Gasteiger partial charge on any atom is -0.411 e. The molecule has 1 aromatic heterocycles. The van der Waals surface area contributed by atoms with Gasteiger partial charge in [0.15, 0.2) is 0 Å². The molecule has 28 heavy (non-hydrogen) atoms. The summed E-state index contributed by atoms with van der Waals surface area (Å²) in [5, 5.41) is 8.72. The number of benzene rings is 1. The van der Waals surface area contributed by atoms with Crippen molar-refractivity contribution in [1.82, 2.24) is 15.1 Å². The van der Waals surface area contributed by atoms with E-state index in [4.69, 9.17) is 4.42 Å². The Balaban J connectivity index is 1.40. The third-order valence-corrected chi connectivity index (χ3v) is 6.77. The fourth-order valence-electron chi connectivity index (χ4n) is 4.59. The van der Waals surface area contributed by atoms with Gasteiger partial charge < -0.3 is 9.32 Å². The number of hydrogen-bond donors (Lipinski definition) is 0. The van der Waals surface area contributed by atoms with Crippen molar-refractivity contribution in [3.8, 4) is 11.5 Å². The Morgan fingerprint density at radius 2 is 1.54 bits per heavy atom. The monoisotopic (exact) mass is 399 g/mol. The summed E-state index contributed by atoms with van der Waals surface area (Å²) in [6.45, 7) is 0. The Morgan fingerprint density at radius 3 is 2.14 bits per heavy atom. The minimum atomic E-state index is 0.239. The summed E-state index contributed by atoms with van der Waals surface area (Å²) in [6, 6.07) is 10.6. The fraction of sp³-hybridized carbons (Fsp3) is 0.591. The van der Waals surface area contributed by atoms with Crippen LogP contribution < -0.4 is 0 Å². The van der Waals surface area contributed by atoms with Gasteiger partial charge in [-0.15, -0.1) is 10.2 Å². The lowest BCUT2D eigenvalue weighted by atomic mass is 9.88. The predicted octanol–water partition coefficient (Wildman–Crippen LogP) is 5.32. The Kier molecular flexibility index (Phi) is 6.68. The van der Waals surface area contributed by atoms with Crippen molar-refractivity contribution >= 4 is 17.7 Å². The molecular weight excluding hydrogens is 370 g/mol. The van der Waals surface area contributed by atoms with Crippen LogP contribution in [0.3, 0.4) is 0 Å². The summed E-state index contributed by atoms with van der Waals surface area (Å²) in [5.74, 6) is 1.12. The van der Waals surface area contributed by atoms with Gasteiger partial charge in [0.1, 0.15) is 0 Å². The third kappa shape index (κ3) is 4.77. The van der Waals surface area contributed by atoms with Crippen molar-refractivity contribution < 1.29 is 9.21 Å². The van der Waals surface area contributed by atoms with Crippen LogP contribution in [0.2, 0.25) is 0 Å². The Hall–Kier alpha value is -1.82. The molecule has 0 spiro atoms. The van der Waals surface area contributed by atoms with Crippen molar-refractivity contribution in [3.63, 3.8) is 0 Å². The number of rotatable bonds is 6. The SMILES string of the molecule is O=C(CSc1nnc(-c2ccccc2)o1)N(C1CCCCC1)C1CCCCC1. The first-order chi connectivity index (χ1) is 13.8. The van der Waals surface area contributed by atoms with E-state index in [9.17, 15) is 4.79 Å². The molecule has 2 aromatic rings. The van der Waals surface area contributed by atoms with Crippen LogP contribution >= 0.6 is 11.8 Å². The molecule has 6 heteroatoms. The zero-order valence-electron chi connectivity index (χ0n) is 16.4. The minimum absolute atomic E-state index is 0.239. The van der Waals surface area contributed by atoms with E-state index in [2.05, 4.69) is 15.1 Å². The van der Waals surface area contributed by atoms with Gasteiger partial charge in [-0.25, -0.2) is 0 Å². The van der Waals surface area contributed by atoms with E-state index in [-0.39, 0.29) is 5.91 Å². The number of nitrogens with zero attached hydrogens (tertiary/aromatic N) is 3. The average molecular weight is 400 g/mol. The molecular formula is C22H29N3O2S. The van der Waals surface area contributed by atoms with E-state index < -0.39 is 0 Å². The van der Waals surface area contributed by atoms with Gasteiger partial charge in [0.05, 0.1) is 5.75 Å². The molecule has 0 unspecified atom stereocenters. The molecule has 1 amide bonds. The Labute approximate surface area is 171 Å². The molecule has 2 fully saturated rings. The van der Waals surface area contributed by atoms with Crippen LogP contribution in [0.1, 0.15) is 64.2 Å². The lowest BCUT2D eigenvalue weighted by Gasteiger charge is -2.41. The lowest BCUT2D eigenvalue weighted by molar-refractivity contribution is -0.135. The molecule has 1 aromatic carbocycles. The average Bonchev–Trinajstić information content (AvgIpc) is 3.24. The highest BCUT2D eigenvalue weighted by atomic mass is 32.2. The standard InChI is InChI=1S/C22H29N3O2S/c26-20(16-28-22-24-23-21(27-22)17-10-4-1-5-11-17)25(18-12-6-2-7-13-18)19-14-8-3-9-15-19/h1,4-5,10-11,18-19H,2-3,6-9,12-16H2. The summed E-state index contributed by atoms with van der Waals surface area (Å²) in [7, 11) is 0. The lowest BCUT2D eigenvalue weighted by Crippen LogP contribution is -2.49. The van der Waals surface area contributed by atoms with Crippen LogP contribution in [-0.2, 0) is 4.79 Å². The largest absolute Gasteiger partial charge is 0.411 e. The topological polar surface area (TPSA) is 59.2 Å². The molecule has 2 saturated carbocycles.